The van der Waals surface area contributed by atoms with Crippen molar-refractivity contribution in [3.05, 3.63) is 89.1 Å². The van der Waals surface area contributed by atoms with E-state index < -0.39 is 30.1 Å². The first-order valence-electron chi connectivity index (χ1n) is 11.0. The maximum absolute atomic E-state index is 13.9. The molecule has 7 nitrogen and oxygen atoms in total. The van der Waals surface area contributed by atoms with E-state index in [9.17, 15) is 9.18 Å². The second kappa shape index (κ2) is 7.07. The molecule has 0 saturated carbocycles. The van der Waals surface area contributed by atoms with Crippen LogP contribution in [0.3, 0.4) is 0 Å². The second-order valence-corrected chi connectivity index (χ2v) is 6.53. The zero-order valence-corrected chi connectivity index (χ0v) is 15.4. The number of para-hydroxylation sites is 1. The Morgan fingerprint density at radius 3 is 2.90 bits per heavy atom. The number of aromatic amines is 1. The summed E-state index contributed by atoms with van der Waals surface area (Å²) in [5.74, 6) is -1.02. The summed E-state index contributed by atoms with van der Waals surface area (Å²) in [7, 11) is 0. The third kappa shape index (κ3) is 2.98. The molecule has 0 aliphatic carbocycles. The number of benzene rings is 2. The van der Waals surface area contributed by atoms with Gasteiger partial charge < -0.3 is 10.3 Å². The minimum atomic E-state index is -3.02. The molecule has 0 fully saturated rings. The zero-order chi connectivity index (χ0) is 24.1. The van der Waals surface area contributed by atoms with E-state index in [0.717, 1.165) is 16.7 Å². The van der Waals surface area contributed by atoms with Crippen LogP contribution in [0.4, 0.5) is 10.2 Å². The van der Waals surface area contributed by atoms with E-state index in [1.165, 1.54) is 18.6 Å². The van der Waals surface area contributed by atoms with Gasteiger partial charge in [-0.3, -0.25) is 9.36 Å². The van der Waals surface area contributed by atoms with E-state index in [-0.39, 0.29) is 22.4 Å². The number of halogens is 1. The number of rotatable bonds is 4. The first-order chi connectivity index (χ1) is 16.2. The number of hydrogen-bond acceptors (Lipinski definition) is 5. The van der Waals surface area contributed by atoms with Gasteiger partial charge in [0.1, 0.15) is 17.2 Å². The lowest BCUT2D eigenvalue weighted by Crippen LogP contribution is -2.27. The van der Waals surface area contributed by atoms with Crippen LogP contribution in [0, 0.1) is 5.82 Å². The van der Waals surface area contributed by atoms with E-state index in [1.54, 1.807) is 36.4 Å². The molecule has 0 bridgehead atoms. The Kier molecular flexibility index (Phi) is 3.30. The molecule has 3 heterocycles. The van der Waals surface area contributed by atoms with Crippen molar-refractivity contribution in [3.63, 3.8) is 0 Å². The standard InChI is InChI=1S/C22H17FN6O/c1-13(27-20-19-18(9-10-24-20)25-12-26-19)21-28-17-8-7-14(23)11-16(17)22(30)29(21)15-5-3-2-4-6-15/h2-13H,1H3,(H,24,27)(H,25,26)/t13-/m0/s1/i1D3,13D. The van der Waals surface area contributed by atoms with Gasteiger partial charge in [0, 0.05) is 10.3 Å². The fourth-order valence-electron chi connectivity index (χ4n) is 3.28. The molecule has 2 N–H and O–H groups in total. The topological polar surface area (TPSA) is 88.5 Å². The molecule has 0 spiro atoms. The molecule has 3 aromatic heterocycles. The minimum absolute atomic E-state index is 0.0259. The number of H-pyrrole nitrogens is 1. The average Bonchev–Trinajstić information content (AvgIpc) is 3.29. The van der Waals surface area contributed by atoms with Crippen LogP contribution in [-0.2, 0) is 0 Å². The van der Waals surface area contributed by atoms with Crippen molar-refractivity contribution in [2.45, 2.75) is 12.9 Å². The largest absolute Gasteiger partial charge is 0.359 e. The van der Waals surface area contributed by atoms with Gasteiger partial charge in [-0.2, -0.15) is 0 Å². The maximum atomic E-state index is 13.9. The molecule has 0 radical (unpaired) electrons. The predicted molar refractivity (Wildman–Crippen MR) is 113 cm³/mol. The van der Waals surface area contributed by atoms with Crippen molar-refractivity contribution in [3.8, 4) is 5.69 Å². The summed E-state index contributed by atoms with van der Waals surface area (Å²) in [6.07, 6.45) is 2.85. The third-order valence-corrected chi connectivity index (χ3v) is 4.65. The first-order valence-corrected chi connectivity index (χ1v) is 9.03. The quantitative estimate of drug-likeness (QED) is 0.473. The van der Waals surface area contributed by atoms with Crippen LogP contribution in [0.2, 0.25) is 0 Å². The van der Waals surface area contributed by atoms with Crippen LogP contribution >= 0.6 is 0 Å². The lowest BCUT2D eigenvalue weighted by Gasteiger charge is -2.20. The number of pyridine rings is 1. The molecule has 148 valence electrons. The Bertz CT molecular complexity index is 1580. The third-order valence-electron chi connectivity index (χ3n) is 4.65. The summed E-state index contributed by atoms with van der Waals surface area (Å²) in [6.45, 7) is -3.02. The van der Waals surface area contributed by atoms with E-state index >= 15 is 0 Å². The molecule has 8 heteroatoms. The summed E-state index contributed by atoms with van der Waals surface area (Å²) in [6, 6.07) is 10.6. The summed E-state index contributed by atoms with van der Waals surface area (Å²) in [5, 5.41) is 2.62. The Balaban J connectivity index is 1.84. The van der Waals surface area contributed by atoms with Gasteiger partial charge >= 0.3 is 0 Å². The molecular formula is C22H17FN6O. The Morgan fingerprint density at radius 1 is 1.20 bits per heavy atom. The number of nitrogens with one attached hydrogen (secondary N) is 2. The number of fused-ring (bicyclic) bond motifs is 2. The lowest BCUT2D eigenvalue weighted by atomic mass is 10.2. The van der Waals surface area contributed by atoms with Crippen molar-refractivity contribution >= 4 is 27.8 Å². The zero-order valence-electron chi connectivity index (χ0n) is 19.4. The van der Waals surface area contributed by atoms with Gasteiger partial charge in [-0.1, -0.05) is 18.2 Å². The van der Waals surface area contributed by atoms with Gasteiger partial charge in [-0.25, -0.2) is 19.3 Å². The molecular weight excluding hydrogens is 383 g/mol. The second-order valence-electron chi connectivity index (χ2n) is 6.53. The fourth-order valence-corrected chi connectivity index (χ4v) is 3.28. The van der Waals surface area contributed by atoms with E-state index in [2.05, 4.69) is 25.3 Å². The number of anilines is 1. The van der Waals surface area contributed by atoms with E-state index in [1.807, 2.05) is 0 Å². The highest BCUT2D eigenvalue weighted by Crippen LogP contribution is 2.24. The molecule has 1 atom stereocenters. The van der Waals surface area contributed by atoms with Crippen LogP contribution in [0.5, 0.6) is 0 Å². The average molecular weight is 404 g/mol. The van der Waals surface area contributed by atoms with Crippen LogP contribution in [-0.4, -0.2) is 24.5 Å². The normalized spacial score (nSPS) is 15.8. The van der Waals surface area contributed by atoms with Crippen LogP contribution in [0.1, 0.15) is 24.2 Å². The molecule has 0 unspecified atom stereocenters. The van der Waals surface area contributed by atoms with Crippen molar-refractivity contribution < 1.29 is 9.87 Å². The monoisotopic (exact) mass is 404 g/mol. The molecule has 30 heavy (non-hydrogen) atoms. The number of nitrogens with zero attached hydrogens (tertiary/aromatic N) is 4. The van der Waals surface area contributed by atoms with Gasteiger partial charge in [0.05, 0.1) is 35.8 Å². The fraction of sp³-hybridized carbons (Fsp3) is 0.0909. The highest BCUT2D eigenvalue weighted by atomic mass is 19.1. The predicted octanol–water partition coefficient (Wildman–Crippen LogP) is 3.97. The van der Waals surface area contributed by atoms with Gasteiger partial charge in [0.25, 0.3) is 5.56 Å². The van der Waals surface area contributed by atoms with E-state index in [0.29, 0.717) is 11.0 Å². The van der Waals surface area contributed by atoms with Crippen molar-refractivity contribution in [2.24, 2.45) is 0 Å². The number of imidazole rings is 1. The number of aromatic nitrogens is 5. The first kappa shape index (κ1) is 14.0. The Morgan fingerprint density at radius 2 is 2.07 bits per heavy atom. The lowest BCUT2D eigenvalue weighted by molar-refractivity contribution is 0.629. The number of hydrogen-bond donors (Lipinski definition) is 2. The summed E-state index contributed by atoms with van der Waals surface area (Å²) in [4.78, 5) is 29.1. The Labute approximate surface area is 175 Å². The Hall–Kier alpha value is -4.07. The smallest absolute Gasteiger partial charge is 0.266 e. The van der Waals surface area contributed by atoms with Crippen LogP contribution in [0.15, 0.2) is 71.9 Å². The van der Waals surface area contributed by atoms with Gasteiger partial charge in [-0.05, 0) is 43.3 Å². The van der Waals surface area contributed by atoms with Gasteiger partial charge in [0.2, 0.25) is 0 Å². The van der Waals surface area contributed by atoms with Gasteiger partial charge in [-0.15, -0.1) is 0 Å². The maximum Gasteiger partial charge on any atom is 0.266 e. The molecule has 0 saturated heterocycles. The van der Waals surface area contributed by atoms with Crippen molar-refractivity contribution in [2.75, 3.05) is 5.32 Å². The highest BCUT2D eigenvalue weighted by Gasteiger charge is 2.19. The van der Waals surface area contributed by atoms with Crippen molar-refractivity contribution in [1.82, 2.24) is 24.5 Å². The van der Waals surface area contributed by atoms with Crippen LogP contribution < -0.4 is 10.9 Å². The van der Waals surface area contributed by atoms with Gasteiger partial charge in [0.15, 0.2) is 5.82 Å². The highest BCUT2D eigenvalue weighted by molar-refractivity contribution is 5.85. The molecule has 0 aliphatic rings. The summed E-state index contributed by atoms with van der Waals surface area (Å²) >= 11 is 0. The van der Waals surface area contributed by atoms with E-state index in [4.69, 9.17) is 5.48 Å². The molecule has 5 rings (SSSR count). The molecule has 0 amide bonds. The summed E-state index contributed by atoms with van der Waals surface area (Å²) in [5.41, 5.74) is 0.518. The minimum Gasteiger partial charge on any atom is -0.359 e. The molecule has 0 aliphatic heterocycles. The summed E-state index contributed by atoms with van der Waals surface area (Å²) < 4.78 is 48.8. The van der Waals surface area contributed by atoms with Crippen LogP contribution in [0.25, 0.3) is 27.6 Å². The van der Waals surface area contributed by atoms with Crippen molar-refractivity contribution in [1.29, 1.82) is 0 Å². The SMILES string of the molecule is [2H]C([2H])([2H])[C@]([2H])(Nc1nccc2[nH]cnc12)c1nc2ccc(F)cc2c(=O)n1-c1ccccc1. The molecule has 5 aromatic rings. The molecule has 2 aromatic carbocycles.